The minimum atomic E-state index is -0.841. The average Bonchev–Trinajstić information content (AvgIpc) is 3.23. The van der Waals surface area contributed by atoms with E-state index < -0.39 is 5.97 Å². The Balaban J connectivity index is 1.76. The number of carboxylic acid groups (broad SMARTS) is 1. The number of aromatic carboxylic acids is 1. The molecule has 4 rings (SSSR count). The molecule has 0 saturated heterocycles. The van der Waals surface area contributed by atoms with Gasteiger partial charge in [-0.05, 0) is 80.7 Å². The van der Waals surface area contributed by atoms with E-state index in [-0.39, 0.29) is 5.41 Å². The molecule has 2 aliphatic rings. The topological polar surface area (TPSA) is 53.4 Å². The maximum atomic E-state index is 12.2. The molecular formula is C29H36N2O2S. The number of hydrogen-bond donors (Lipinski definition) is 1. The van der Waals surface area contributed by atoms with E-state index in [1.54, 1.807) is 0 Å². The first-order valence-corrected chi connectivity index (χ1v) is 13.3. The van der Waals surface area contributed by atoms with Gasteiger partial charge >= 0.3 is 5.97 Å². The van der Waals surface area contributed by atoms with Gasteiger partial charge in [-0.15, -0.1) is 11.3 Å². The quantitative estimate of drug-likeness (QED) is 0.487. The Kier molecular flexibility index (Phi) is 7.60. The summed E-state index contributed by atoms with van der Waals surface area (Å²) in [6, 6.07) is 4.17. The maximum Gasteiger partial charge on any atom is 0.346 e. The fourth-order valence-corrected chi connectivity index (χ4v) is 6.02. The zero-order chi connectivity index (χ0) is 24.3. The highest BCUT2D eigenvalue weighted by molar-refractivity contribution is 7.12. The van der Waals surface area contributed by atoms with Gasteiger partial charge in [0.05, 0.1) is 0 Å². The van der Waals surface area contributed by atoms with Crippen molar-refractivity contribution in [3.05, 3.63) is 57.0 Å². The zero-order valence-electron chi connectivity index (χ0n) is 20.9. The molecule has 2 aromatic rings. The SMILES string of the molecule is CC1CCC(C2=C(c3c(C#CC(C)(C)C)csc3C(=O)O)CCN(Cc3ccncc3)C2)CC1. The third-order valence-electron chi connectivity index (χ3n) is 6.98. The lowest BCUT2D eigenvalue weighted by atomic mass is 9.75. The van der Waals surface area contributed by atoms with Gasteiger partial charge in [0.1, 0.15) is 4.88 Å². The fraction of sp³-hybridized carbons (Fsp3) is 0.517. The number of thiophene rings is 1. The summed E-state index contributed by atoms with van der Waals surface area (Å²) in [6.07, 6.45) is 9.46. The molecule has 1 fully saturated rings. The van der Waals surface area contributed by atoms with E-state index in [2.05, 4.69) is 61.6 Å². The highest BCUT2D eigenvalue weighted by atomic mass is 32.1. The normalized spacial score (nSPS) is 21.8. The molecule has 0 aromatic carbocycles. The first-order chi connectivity index (χ1) is 16.2. The number of hydrogen-bond acceptors (Lipinski definition) is 4. The van der Waals surface area contributed by atoms with Gasteiger partial charge in [0.2, 0.25) is 0 Å². The Morgan fingerprint density at radius 3 is 2.56 bits per heavy atom. The van der Waals surface area contributed by atoms with Gasteiger partial charge in [-0.1, -0.05) is 31.6 Å². The van der Waals surface area contributed by atoms with Gasteiger partial charge in [0.15, 0.2) is 0 Å². The second-order valence-electron chi connectivity index (χ2n) is 10.9. The summed E-state index contributed by atoms with van der Waals surface area (Å²) in [5.74, 6) is 7.15. The average molecular weight is 477 g/mol. The number of carboxylic acids is 1. The number of rotatable bonds is 5. The standard InChI is InChI=1S/C29H36N2O2S/c1-20-5-7-22(8-6-20)25-18-31(17-21-10-14-30-15-11-21)16-12-24(25)26-23(9-13-29(2,3)4)19-34-27(26)28(32)33/h10-11,14-15,19-20,22H,5-8,12,16-18H2,1-4H3,(H,32,33). The van der Waals surface area contributed by atoms with Crippen LogP contribution in [0.4, 0.5) is 0 Å². The molecule has 180 valence electrons. The van der Waals surface area contributed by atoms with E-state index in [0.717, 1.165) is 43.1 Å². The predicted molar refractivity (Wildman–Crippen MR) is 140 cm³/mol. The van der Waals surface area contributed by atoms with Gasteiger partial charge in [0.25, 0.3) is 0 Å². The Morgan fingerprint density at radius 2 is 1.91 bits per heavy atom. The molecule has 2 aromatic heterocycles. The molecule has 1 aliphatic heterocycles. The van der Waals surface area contributed by atoms with Gasteiger partial charge in [0, 0.05) is 53.9 Å². The minimum absolute atomic E-state index is 0.132. The Hall–Kier alpha value is -2.42. The van der Waals surface area contributed by atoms with Crippen LogP contribution in [0.25, 0.3) is 5.57 Å². The molecule has 4 nitrogen and oxygen atoms in total. The molecule has 0 amide bonds. The lowest BCUT2D eigenvalue weighted by Gasteiger charge is -2.37. The van der Waals surface area contributed by atoms with Crippen LogP contribution in [0.3, 0.4) is 0 Å². The minimum Gasteiger partial charge on any atom is -0.477 e. The number of carbonyl (C=O) groups is 1. The van der Waals surface area contributed by atoms with Crippen molar-refractivity contribution < 1.29 is 9.90 Å². The van der Waals surface area contributed by atoms with Gasteiger partial charge < -0.3 is 5.11 Å². The molecule has 1 aliphatic carbocycles. The van der Waals surface area contributed by atoms with E-state index in [1.165, 1.54) is 53.7 Å². The fourth-order valence-electron chi connectivity index (χ4n) is 5.16. The lowest BCUT2D eigenvalue weighted by molar-refractivity contribution is 0.0701. The molecular weight excluding hydrogens is 440 g/mol. The molecule has 1 N–H and O–H groups in total. The molecule has 0 unspecified atom stereocenters. The predicted octanol–water partition coefficient (Wildman–Crippen LogP) is 6.72. The Morgan fingerprint density at radius 1 is 1.21 bits per heavy atom. The second-order valence-corrected chi connectivity index (χ2v) is 11.8. The molecule has 0 atom stereocenters. The third kappa shape index (κ3) is 5.98. The van der Waals surface area contributed by atoms with Gasteiger partial charge in [-0.25, -0.2) is 4.79 Å². The van der Waals surface area contributed by atoms with Crippen molar-refractivity contribution in [3.8, 4) is 11.8 Å². The summed E-state index contributed by atoms with van der Waals surface area (Å²) in [6.45, 7) is 11.3. The van der Waals surface area contributed by atoms with Crippen LogP contribution < -0.4 is 0 Å². The smallest absolute Gasteiger partial charge is 0.346 e. The van der Waals surface area contributed by atoms with Crippen molar-refractivity contribution in [1.82, 2.24) is 9.88 Å². The first-order valence-electron chi connectivity index (χ1n) is 12.4. The number of nitrogens with zero attached hydrogens (tertiary/aromatic N) is 2. The van der Waals surface area contributed by atoms with Crippen molar-refractivity contribution in [3.63, 3.8) is 0 Å². The van der Waals surface area contributed by atoms with Gasteiger partial charge in [-0.2, -0.15) is 0 Å². The van der Waals surface area contributed by atoms with Crippen LogP contribution in [0.1, 0.15) is 86.2 Å². The number of pyridine rings is 1. The van der Waals surface area contributed by atoms with Crippen molar-refractivity contribution in [2.75, 3.05) is 13.1 Å². The van der Waals surface area contributed by atoms with Crippen LogP contribution in [-0.2, 0) is 6.54 Å². The number of aromatic nitrogens is 1. The van der Waals surface area contributed by atoms with Crippen molar-refractivity contribution in [1.29, 1.82) is 0 Å². The molecule has 5 heteroatoms. The van der Waals surface area contributed by atoms with Crippen molar-refractivity contribution >= 4 is 22.9 Å². The van der Waals surface area contributed by atoms with E-state index in [4.69, 9.17) is 0 Å². The zero-order valence-corrected chi connectivity index (χ0v) is 21.7. The summed E-state index contributed by atoms with van der Waals surface area (Å²) in [5, 5.41) is 12.0. The molecule has 34 heavy (non-hydrogen) atoms. The highest BCUT2D eigenvalue weighted by Gasteiger charge is 2.31. The summed E-state index contributed by atoms with van der Waals surface area (Å²) in [7, 11) is 0. The van der Waals surface area contributed by atoms with E-state index in [9.17, 15) is 9.90 Å². The van der Waals surface area contributed by atoms with E-state index >= 15 is 0 Å². The summed E-state index contributed by atoms with van der Waals surface area (Å²) < 4.78 is 0. The van der Waals surface area contributed by atoms with Crippen LogP contribution in [0.5, 0.6) is 0 Å². The van der Waals surface area contributed by atoms with Crippen LogP contribution >= 0.6 is 11.3 Å². The molecule has 0 bridgehead atoms. The Bertz CT molecular complexity index is 1110. The lowest BCUT2D eigenvalue weighted by Crippen LogP contribution is -2.34. The van der Waals surface area contributed by atoms with E-state index in [1.807, 2.05) is 17.8 Å². The summed E-state index contributed by atoms with van der Waals surface area (Å²) >= 11 is 1.32. The monoisotopic (exact) mass is 476 g/mol. The van der Waals surface area contributed by atoms with E-state index in [0.29, 0.717) is 10.8 Å². The highest BCUT2D eigenvalue weighted by Crippen LogP contribution is 2.42. The van der Waals surface area contributed by atoms with Crippen molar-refractivity contribution in [2.24, 2.45) is 17.3 Å². The van der Waals surface area contributed by atoms with Crippen molar-refractivity contribution in [2.45, 2.75) is 66.3 Å². The Labute approximate surface area is 208 Å². The molecule has 3 heterocycles. The molecule has 1 saturated carbocycles. The maximum absolute atomic E-state index is 12.2. The second kappa shape index (κ2) is 10.5. The largest absolute Gasteiger partial charge is 0.477 e. The molecule has 0 radical (unpaired) electrons. The van der Waals surface area contributed by atoms with Crippen LogP contribution in [0, 0.1) is 29.1 Å². The first kappa shape index (κ1) is 24.7. The summed E-state index contributed by atoms with van der Waals surface area (Å²) in [5.41, 5.74) is 5.62. The van der Waals surface area contributed by atoms with Gasteiger partial charge in [-0.3, -0.25) is 9.88 Å². The summed E-state index contributed by atoms with van der Waals surface area (Å²) in [4.78, 5) is 19.3. The third-order valence-corrected chi connectivity index (χ3v) is 7.95. The molecule has 0 spiro atoms. The van der Waals surface area contributed by atoms with Crippen LogP contribution in [-0.4, -0.2) is 34.0 Å². The van der Waals surface area contributed by atoms with Crippen LogP contribution in [0.2, 0.25) is 0 Å². The van der Waals surface area contributed by atoms with Crippen LogP contribution in [0.15, 0.2) is 35.5 Å².